The lowest BCUT2D eigenvalue weighted by Gasteiger charge is -2.20. The van der Waals surface area contributed by atoms with Gasteiger partial charge < -0.3 is 4.98 Å². The zero-order valence-electron chi connectivity index (χ0n) is 20.6. The molecule has 9 heteroatoms. The third kappa shape index (κ3) is 3.81. The number of benzene rings is 3. The zero-order chi connectivity index (χ0) is 26.6. The first-order valence-corrected chi connectivity index (χ1v) is 12.5. The second kappa shape index (κ2) is 9.08. The molecule has 1 atom stereocenters. The average molecular weight is 524 g/mol. The largest absolute Gasteiger partial charge is 0.321 e. The predicted octanol–water partition coefficient (Wildman–Crippen LogP) is 5.56. The number of nitrogens with zero attached hydrogens (tertiary/aromatic N) is 4. The second-order valence-corrected chi connectivity index (χ2v) is 9.64. The summed E-state index contributed by atoms with van der Waals surface area (Å²) in [5.74, 6) is -0.156. The van der Waals surface area contributed by atoms with Gasteiger partial charge in [-0.15, -0.1) is 0 Å². The molecule has 3 heterocycles. The standard InChI is InChI=1S/C29H22ClN5O3/c1-16(36)34-24-11-7-6-10-22(24)31-28(34)25-15-23(33-35(25)17(2)37)27-26(18-8-4-3-5-9-18)20-14-19(30)12-13-21(20)32-29(27)38/h3-14,25H,15H2,1-2H3,(H,32,38). The molecule has 0 fully saturated rings. The number of nitrogens with one attached hydrogen (secondary N) is 1. The topological polar surface area (TPSA) is 100 Å². The number of aromatic amines is 1. The molecule has 3 aromatic carbocycles. The van der Waals surface area contributed by atoms with Crippen LogP contribution in [0.5, 0.6) is 0 Å². The van der Waals surface area contributed by atoms with E-state index < -0.39 is 6.04 Å². The Hall–Kier alpha value is -4.56. The van der Waals surface area contributed by atoms with Crippen molar-refractivity contribution in [3.8, 4) is 11.1 Å². The summed E-state index contributed by atoms with van der Waals surface area (Å²) in [6.07, 6.45) is 0.200. The van der Waals surface area contributed by atoms with E-state index in [1.165, 1.54) is 23.4 Å². The molecule has 8 nitrogen and oxygen atoms in total. The lowest BCUT2D eigenvalue weighted by atomic mass is 9.92. The van der Waals surface area contributed by atoms with Crippen molar-refractivity contribution < 1.29 is 9.59 Å². The van der Waals surface area contributed by atoms with Crippen LogP contribution >= 0.6 is 11.6 Å². The minimum atomic E-state index is -0.670. The van der Waals surface area contributed by atoms with E-state index in [1.54, 1.807) is 12.1 Å². The molecule has 1 aliphatic heterocycles. The molecule has 0 radical (unpaired) electrons. The van der Waals surface area contributed by atoms with Crippen LogP contribution in [0.1, 0.15) is 42.5 Å². The second-order valence-electron chi connectivity index (χ2n) is 9.20. The summed E-state index contributed by atoms with van der Waals surface area (Å²) in [6.45, 7) is 2.86. The van der Waals surface area contributed by atoms with Crippen LogP contribution in [0.25, 0.3) is 33.1 Å². The molecule has 0 saturated heterocycles. The zero-order valence-corrected chi connectivity index (χ0v) is 21.4. The molecule has 5 aromatic rings. The maximum atomic E-state index is 13.6. The Morgan fingerprint density at radius 2 is 1.68 bits per heavy atom. The highest BCUT2D eigenvalue weighted by Crippen LogP contribution is 2.38. The number of aromatic nitrogens is 3. The molecular formula is C29H22ClN5O3. The van der Waals surface area contributed by atoms with Gasteiger partial charge in [0.1, 0.15) is 11.9 Å². The third-order valence-corrected chi connectivity index (χ3v) is 7.00. The fourth-order valence-corrected chi connectivity index (χ4v) is 5.37. The summed E-state index contributed by atoms with van der Waals surface area (Å²) in [4.78, 5) is 46.8. The van der Waals surface area contributed by atoms with Gasteiger partial charge in [0, 0.05) is 41.8 Å². The smallest absolute Gasteiger partial charge is 0.258 e. The number of H-pyrrole nitrogens is 1. The Morgan fingerprint density at radius 1 is 0.947 bits per heavy atom. The van der Waals surface area contributed by atoms with Crippen molar-refractivity contribution in [1.29, 1.82) is 0 Å². The van der Waals surface area contributed by atoms with Gasteiger partial charge in [-0.2, -0.15) is 5.10 Å². The van der Waals surface area contributed by atoms with Gasteiger partial charge in [-0.1, -0.05) is 54.1 Å². The molecule has 1 unspecified atom stereocenters. The van der Waals surface area contributed by atoms with Crippen molar-refractivity contribution in [3.63, 3.8) is 0 Å². The normalized spacial score (nSPS) is 15.3. The van der Waals surface area contributed by atoms with Crippen LogP contribution in [-0.2, 0) is 4.79 Å². The number of hydrogen-bond acceptors (Lipinski definition) is 5. The number of amides is 1. The number of hydrazone groups is 1. The van der Waals surface area contributed by atoms with Gasteiger partial charge >= 0.3 is 0 Å². The van der Waals surface area contributed by atoms with Crippen molar-refractivity contribution in [2.24, 2.45) is 5.10 Å². The van der Waals surface area contributed by atoms with E-state index in [0.29, 0.717) is 44.2 Å². The molecule has 1 aliphatic rings. The number of imidazole rings is 1. The van der Waals surface area contributed by atoms with Crippen LogP contribution in [0.3, 0.4) is 0 Å². The molecule has 0 aliphatic carbocycles. The van der Waals surface area contributed by atoms with Crippen LogP contribution in [0, 0.1) is 0 Å². The first-order valence-electron chi connectivity index (χ1n) is 12.1. The molecule has 0 bridgehead atoms. The Bertz CT molecular complexity index is 1860. The van der Waals surface area contributed by atoms with E-state index in [9.17, 15) is 14.4 Å². The molecular weight excluding hydrogens is 502 g/mol. The van der Waals surface area contributed by atoms with Gasteiger partial charge in [-0.3, -0.25) is 19.0 Å². The number of fused-ring (bicyclic) bond motifs is 2. The van der Waals surface area contributed by atoms with E-state index in [2.05, 4.69) is 10.1 Å². The highest BCUT2D eigenvalue weighted by atomic mass is 35.5. The highest BCUT2D eigenvalue weighted by molar-refractivity contribution is 6.31. The van der Waals surface area contributed by atoms with Gasteiger partial charge in [-0.25, -0.2) is 9.99 Å². The van der Waals surface area contributed by atoms with Crippen LogP contribution in [0.4, 0.5) is 0 Å². The highest BCUT2D eigenvalue weighted by Gasteiger charge is 2.37. The van der Waals surface area contributed by atoms with Gasteiger partial charge in [0.15, 0.2) is 0 Å². The molecule has 6 rings (SSSR count). The number of carbonyl (C=O) groups excluding carboxylic acids is 2. The number of carbonyl (C=O) groups is 2. The van der Waals surface area contributed by atoms with Crippen molar-refractivity contribution in [2.75, 3.05) is 0 Å². The Balaban J connectivity index is 1.58. The number of pyridine rings is 1. The van der Waals surface area contributed by atoms with E-state index in [4.69, 9.17) is 16.6 Å². The number of rotatable bonds is 3. The van der Waals surface area contributed by atoms with Crippen molar-refractivity contribution in [3.05, 3.63) is 99.6 Å². The van der Waals surface area contributed by atoms with E-state index in [0.717, 1.165) is 10.9 Å². The first kappa shape index (κ1) is 23.8. The summed E-state index contributed by atoms with van der Waals surface area (Å²) in [6, 6.07) is 21.5. The van der Waals surface area contributed by atoms with Crippen LogP contribution in [0.2, 0.25) is 5.02 Å². The summed E-state index contributed by atoms with van der Waals surface area (Å²) >= 11 is 6.37. The molecule has 0 saturated carbocycles. The SMILES string of the molecule is CC(=O)N1N=C(c2c(-c3ccccc3)c3cc(Cl)ccc3[nH]c2=O)CC1c1nc2ccccc2n1C(C)=O. The molecule has 38 heavy (non-hydrogen) atoms. The fraction of sp³-hybridized carbons (Fsp3) is 0.138. The minimum Gasteiger partial charge on any atom is -0.321 e. The maximum Gasteiger partial charge on any atom is 0.258 e. The molecule has 188 valence electrons. The van der Waals surface area contributed by atoms with Crippen molar-refractivity contribution in [1.82, 2.24) is 19.5 Å². The molecule has 0 spiro atoms. The van der Waals surface area contributed by atoms with Crippen LogP contribution in [0.15, 0.2) is 82.7 Å². The van der Waals surface area contributed by atoms with Crippen LogP contribution < -0.4 is 5.56 Å². The van der Waals surface area contributed by atoms with Crippen LogP contribution in [-0.4, -0.2) is 37.1 Å². The van der Waals surface area contributed by atoms with Gasteiger partial charge in [-0.05, 0) is 35.9 Å². The minimum absolute atomic E-state index is 0.200. The summed E-state index contributed by atoms with van der Waals surface area (Å²) in [5.41, 5.74) is 3.86. The van der Waals surface area contributed by atoms with Gasteiger partial charge in [0.25, 0.3) is 5.56 Å². The lowest BCUT2D eigenvalue weighted by molar-refractivity contribution is -0.130. The Morgan fingerprint density at radius 3 is 2.42 bits per heavy atom. The molecule has 1 N–H and O–H groups in total. The van der Waals surface area contributed by atoms with Crippen molar-refractivity contribution in [2.45, 2.75) is 26.3 Å². The molecule has 2 aromatic heterocycles. The first-order chi connectivity index (χ1) is 18.3. The monoisotopic (exact) mass is 523 g/mol. The number of halogens is 1. The lowest BCUT2D eigenvalue weighted by Crippen LogP contribution is -2.28. The van der Waals surface area contributed by atoms with E-state index >= 15 is 0 Å². The third-order valence-electron chi connectivity index (χ3n) is 6.76. The van der Waals surface area contributed by atoms with E-state index in [1.807, 2.05) is 60.7 Å². The van der Waals surface area contributed by atoms with E-state index in [-0.39, 0.29) is 23.8 Å². The number of para-hydroxylation sites is 2. The fourth-order valence-electron chi connectivity index (χ4n) is 5.20. The summed E-state index contributed by atoms with van der Waals surface area (Å²) < 4.78 is 1.51. The summed E-state index contributed by atoms with van der Waals surface area (Å²) in [7, 11) is 0. The average Bonchev–Trinajstić information content (AvgIpc) is 3.51. The Labute approximate surface area is 222 Å². The van der Waals surface area contributed by atoms with Crippen molar-refractivity contribution >= 4 is 51.1 Å². The maximum absolute atomic E-state index is 13.6. The quantitative estimate of drug-likeness (QED) is 0.335. The van der Waals surface area contributed by atoms with Gasteiger partial charge in [0.05, 0.1) is 22.3 Å². The molecule has 1 amide bonds. The summed E-state index contributed by atoms with van der Waals surface area (Å²) in [5, 5.41) is 7.24. The van der Waals surface area contributed by atoms with Gasteiger partial charge in [0.2, 0.25) is 11.8 Å². The Kier molecular flexibility index (Phi) is 5.69. The number of hydrogen-bond donors (Lipinski definition) is 1. The predicted molar refractivity (Wildman–Crippen MR) is 147 cm³/mol.